The molecule has 3 aromatic heterocycles. The highest BCUT2D eigenvalue weighted by atomic mass is 35.5. The lowest BCUT2D eigenvalue weighted by molar-refractivity contribution is 0.809. The van der Waals surface area contributed by atoms with E-state index in [9.17, 15) is 4.79 Å². The number of fused-ring (bicyclic) bond motifs is 1. The zero-order valence-corrected chi connectivity index (χ0v) is 21.0. The lowest BCUT2D eigenvalue weighted by Crippen LogP contribution is -2.25. The molecule has 5 N–H and O–H groups in total. The van der Waals surface area contributed by atoms with Crippen LogP contribution in [0.5, 0.6) is 0 Å². The summed E-state index contributed by atoms with van der Waals surface area (Å²) >= 11 is 6.37. The highest BCUT2D eigenvalue weighted by Crippen LogP contribution is 2.21. The van der Waals surface area contributed by atoms with Gasteiger partial charge in [0.25, 0.3) is 5.56 Å². The molecule has 10 heteroatoms. The van der Waals surface area contributed by atoms with E-state index in [4.69, 9.17) is 28.1 Å². The summed E-state index contributed by atoms with van der Waals surface area (Å²) in [7, 11) is 0. The Kier molecular flexibility index (Phi) is 7.26. The fourth-order valence-corrected chi connectivity index (χ4v) is 4.24. The molecule has 9 nitrogen and oxygen atoms in total. The van der Waals surface area contributed by atoms with Crippen molar-refractivity contribution in [3.63, 3.8) is 0 Å². The van der Waals surface area contributed by atoms with Crippen molar-refractivity contribution in [1.82, 2.24) is 24.5 Å². The van der Waals surface area contributed by atoms with Gasteiger partial charge in [-0.25, -0.2) is 19.9 Å². The Balaban J connectivity index is 1.46. The van der Waals surface area contributed by atoms with E-state index in [-0.39, 0.29) is 11.4 Å². The average Bonchev–Trinajstić information content (AvgIpc) is 2.93. The van der Waals surface area contributed by atoms with Crippen LogP contribution in [0.3, 0.4) is 0 Å². The molecule has 0 saturated heterocycles. The highest BCUT2D eigenvalue weighted by molar-refractivity contribution is 6.35. The maximum Gasteiger partial charge on any atom is 0.267 e. The number of nitrogens with zero attached hydrogens (tertiary/aromatic N) is 5. The third kappa shape index (κ3) is 5.18. The lowest BCUT2D eigenvalue weighted by atomic mass is 10.2. The quantitative estimate of drug-likeness (QED) is 0.289. The van der Waals surface area contributed by atoms with Crippen LogP contribution < -0.4 is 22.3 Å². The topological polar surface area (TPSA) is 138 Å². The van der Waals surface area contributed by atoms with Gasteiger partial charge in [0.15, 0.2) is 0 Å². The number of rotatable bonds is 6. The standard InChI is InChI=1S/C28H23ClN8O/c29-22-10-5-11-23-25(22)28(38)37(20-8-2-1-3-9-20)24(36-23)14-15-32-27-21(26(31)33-17-34-27)13-12-18-6-4-7-19(16-30)35-18/h1-11,17H,14-16,30H2,(H3,31,32,33,34). The smallest absolute Gasteiger partial charge is 0.267 e. The van der Waals surface area contributed by atoms with Crippen molar-refractivity contribution in [2.24, 2.45) is 5.73 Å². The second-order valence-electron chi connectivity index (χ2n) is 8.27. The van der Waals surface area contributed by atoms with Gasteiger partial charge in [0.1, 0.15) is 35.0 Å². The minimum Gasteiger partial charge on any atom is -0.382 e. The summed E-state index contributed by atoms with van der Waals surface area (Å²) in [5, 5.41) is 4.00. The average molecular weight is 523 g/mol. The van der Waals surface area contributed by atoms with Gasteiger partial charge in [0.05, 0.1) is 27.3 Å². The van der Waals surface area contributed by atoms with Crippen LogP contribution in [0.25, 0.3) is 16.6 Å². The van der Waals surface area contributed by atoms with Crippen LogP contribution in [-0.4, -0.2) is 31.0 Å². The number of nitrogen functional groups attached to an aromatic ring is 1. The number of hydrogen-bond donors (Lipinski definition) is 3. The molecule has 0 aliphatic carbocycles. The lowest BCUT2D eigenvalue weighted by Gasteiger charge is -2.15. The van der Waals surface area contributed by atoms with Crippen molar-refractivity contribution < 1.29 is 0 Å². The summed E-state index contributed by atoms with van der Waals surface area (Å²) in [5.41, 5.74) is 14.6. The zero-order chi connectivity index (χ0) is 26.5. The van der Waals surface area contributed by atoms with Gasteiger partial charge in [0, 0.05) is 19.5 Å². The molecule has 0 fully saturated rings. The Hall–Kier alpha value is -4.78. The Bertz CT molecular complexity index is 1740. The summed E-state index contributed by atoms with van der Waals surface area (Å²) < 4.78 is 1.58. The van der Waals surface area contributed by atoms with E-state index in [1.54, 1.807) is 28.8 Å². The van der Waals surface area contributed by atoms with E-state index in [1.165, 1.54) is 6.33 Å². The summed E-state index contributed by atoms with van der Waals surface area (Å²) in [5.74, 6) is 7.31. The molecule has 3 heterocycles. The minimum absolute atomic E-state index is 0.230. The summed E-state index contributed by atoms with van der Waals surface area (Å²) in [6, 6.07) is 20.1. The normalized spacial score (nSPS) is 10.7. The van der Waals surface area contributed by atoms with Gasteiger partial charge >= 0.3 is 0 Å². The predicted molar refractivity (Wildman–Crippen MR) is 149 cm³/mol. The van der Waals surface area contributed by atoms with Gasteiger partial charge in [-0.3, -0.25) is 9.36 Å². The van der Waals surface area contributed by atoms with Crippen molar-refractivity contribution in [3.8, 4) is 17.5 Å². The Labute approximate surface area is 223 Å². The van der Waals surface area contributed by atoms with E-state index in [2.05, 4.69) is 32.1 Å². The van der Waals surface area contributed by atoms with Gasteiger partial charge in [-0.05, 0) is 42.3 Å². The number of hydrogen-bond acceptors (Lipinski definition) is 8. The van der Waals surface area contributed by atoms with Crippen LogP contribution in [0, 0.1) is 11.8 Å². The first-order chi connectivity index (χ1) is 18.5. The van der Waals surface area contributed by atoms with Gasteiger partial charge < -0.3 is 16.8 Å². The molecule has 0 aliphatic heterocycles. The fourth-order valence-electron chi connectivity index (χ4n) is 3.99. The summed E-state index contributed by atoms with van der Waals surface area (Å²) in [6.07, 6.45) is 1.77. The van der Waals surface area contributed by atoms with Crippen LogP contribution in [0.2, 0.25) is 5.02 Å². The number of nitrogens with two attached hydrogens (primary N) is 2. The van der Waals surface area contributed by atoms with E-state index in [1.807, 2.05) is 42.5 Å². The number of nitrogens with one attached hydrogen (secondary N) is 1. The molecule has 5 rings (SSSR count). The highest BCUT2D eigenvalue weighted by Gasteiger charge is 2.15. The van der Waals surface area contributed by atoms with Gasteiger partial charge in [-0.2, -0.15) is 0 Å². The number of pyridine rings is 1. The van der Waals surface area contributed by atoms with Crippen LogP contribution >= 0.6 is 11.6 Å². The van der Waals surface area contributed by atoms with Gasteiger partial charge in [0.2, 0.25) is 0 Å². The molecule has 0 spiro atoms. The SMILES string of the molecule is NCc1cccc(C#Cc2c(N)ncnc2NCCc2nc3cccc(Cl)c3c(=O)n2-c2ccccc2)n1. The van der Waals surface area contributed by atoms with Crippen molar-refractivity contribution in [2.45, 2.75) is 13.0 Å². The molecule has 5 aromatic rings. The zero-order valence-electron chi connectivity index (χ0n) is 20.2. The third-order valence-electron chi connectivity index (χ3n) is 5.78. The van der Waals surface area contributed by atoms with Crippen LogP contribution in [0.15, 0.2) is 77.9 Å². The van der Waals surface area contributed by atoms with Crippen LogP contribution in [0.4, 0.5) is 11.6 Å². The molecule has 2 aromatic carbocycles. The van der Waals surface area contributed by atoms with E-state index >= 15 is 0 Å². The predicted octanol–water partition coefficient (Wildman–Crippen LogP) is 3.32. The van der Waals surface area contributed by atoms with E-state index < -0.39 is 0 Å². The maximum absolute atomic E-state index is 13.5. The molecule has 188 valence electrons. The first-order valence-corrected chi connectivity index (χ1v) is 12.2. The van der Waals surface area contributed by atoms with Gasteiger partial charge in [-0.1, -0.05) is 47.9 Å². The molecule has 0 aliphatic rings. The molecular weight excluding hydrogens is 500 g/mol. The summed E-state index contributed by atoms with van der Waals surface area (Å²) in [4.78, 5) is 31.1. The Morgan fingerprint density at radius 2 is 1.76 bits per heavy atom. The maximum atomic E-state index is 13.5. The molecule has 0 atom stereocenters. The van der Waals surface area contributed by atoms with Gasteiger partial charge in [-0.15, -0.1) is 0 Å². The molecule has 38 heavy (non-hydrogen) atoms. The van der Waals surface area contributed by atoms with E-state index in [0.29, 0.717) is 64.0 Å². The number of halogens is 1. The van der Waals surface area contributed by atoms with Crippen molar-refractivity contribution in [3.05, 3.63) is 111 Å². The number of benzene rings is 2. The summed E-state index contributed by atoms with van der Waals surface area (Å²) in [6.45, 7) is 0.722. The number of anilines is 2. The molecule has 0 bridgehead atoms. The molecule has 0 radical (unpaired) electrons. The van der Waals surface area contributed by atoms with Crippen molar-refractivity contribution >= 4 is 34.1 Å². The monoisotopic (exact) mass is 522 g/mol. The van der Waals surface area contributed by atoms with Crippen LogP contribution in [-0.2, 0) is 13.0 Å². The first-order valence-electron chi connectivity index (χ1n) is 11.8. The third-order valence-corrected chi connectivity index (χ3v) is 6.09. The first kappa shape index (κ1) is 24.9. The minimum atomic E-state index is -0.230. The Morgan fingerprint density at radius 3 is 2.58 bits per heavy atom. The molecule has 0 amide bonds. The molecule has 0 saturated carbocycles. The van der Waals surface area contributed by atoms with Crippen molar-refractivity contribution in [1.29, 1.82) is 0 Å². The second kappa shape index (κ2) is 11.1. The molecule has 0 unspecified atom stereocenters. The fraction of sp³-hybridized carbons (Fsp3) is 0.107. The van der Waals surface area contributed by atoms with E-state index in [0.717, 1.165) is 5.69 Å². The molecular formula is C28H23ClN8O. The largest absolute Gasteiger partial charge is 0.382 e. The number of aromatic nitrogens is 5. The second-order valence-corrected chi connectivity index (χ2v) is 8.67. The van der Waals surface area contributed by atoms with Crippen LogP contribution in [0.1, 0.15) is 22.8 Å². The Morgan fingerprint density at radius 1 is 0.947 bits per heavy atom. The number of para-hydroxylation sites is 1. The van der Waals surface area contributed by atoms with Crippen molar-refractivity contribution in [2.75, 3.05) is 17.6 Å².